The summed E-state index contributed by atoms with van der Waals surface area (Å²) in [6.45, 7) is 3.95. The number of aromatic nitrogens is 1. The van der Waals surface area contributed by atoms with Gasteiger partial charge in [-0.25, -0.2) is 0 Å². The van der Waals surface area contributed by atoms with Crippen molar-refractivity contribution in [3.63, 3.8) is 0 Å². The summed E-state index contributed by atoms with van der Waals surface area (Å²) in [5.74, 6) is 0.934. The number of methoxy groups -OCH3 is 2. The Kier molecular flexibility index (Phi) is 5.16. The fraction of sp³-hybridized carbons (Fsp3) is 0.238. The zero-order valence-electron chi connectivity index (χ0n) is 15.8. The van der Waals surface area contributed by atoms with Crippen molar-refractivity contribution in [3.8, 4) is 11.5 Å². The molecule has 3 rings (SSSR count). The molecule has 0 spiro atoms. The summed E-state index contributed by atoms with van der Waals surface area (Å²) in [6, 6.07) is 10.6. The normalized spacial score (nSPS) is 10.7. The molecule has 1 aromatic heterocycles. The molecule has 0 atom stereocenters. The molecular formula is C21H22N2O4. The summed E-state index contributed by atoms with van der Waals surface area (Å²) in [5.41, 5.74) is 3.20. The van der Waals surface area contributed by atoms with Gasteiger partial charge in [0.2, 0.25) is 5.91 Å². The van der Waals surface area contributed by atoms with Gasteiger partial charge in [0.15, 0.2) is 5.43 Å². The number of amides is 1. The van der Waals surface area contributed by atoms with Gasteiger partial charge in [-0.3, -0.25) is 9.59 Å². The van der Waals surface area contributed by atoms with E-state index in [0.717, 1.165) is 16.6 Å². The first kappa shape index (κ1) is 18.5. The fourth-order valence-corrected chi connectivity index (χ4v) is 3.20. The maximum atomic E-state index is 12.6. The molecule has 27 heavy (non-hydrogen) atoms. The van der Waals surface area contributed by atoms with E-state index in [1.165, 1.54) is 13.2 Å². The molecule has 2 aromatic carbocycles. The number of hydrogen-bond acceptors (Lipinski definition) is 4. The number of rotatable bonds is 5. The smallest absolute Gasteiger partial charge is 0.244 e. The maximum absolute atomic E-state index is 12.6. The Hall–Kier alpha value is -3.28. The second kappa shape index (κ2) is 7.53. The number of benzene rings is 2. The molecule has 1 N–H and O–H groups in total. The van der Waals surface area contributed by atoms with E-state index in [9.17, 15) is 9.59 Å². The molecule has 0 bridgehead atoms. The molecule has 0 aliphatic heterocycles. The van der Waals surface area contributed by atoms with Crippen molar-refractivity contribution in [2.24, 2.45) is 0 Å². The van der Waals surface area contributed by atoms with E-state index >= 15 is 0 Å². The number of nitrogens with one attached hydrogen (secondary N) is 1. The van der Waals surface area contributed by atoms with Crippen LogP contribution in [0.5, 0.6) is 11.5 Å². The lowest BCUT2D eigenvalue weighted by Crippen LogP contribution is -2.21. The molecule has 6 heteroatoms. The summed E-state index contributed by atoms with van der Waals surface area (Å²) >= 11 is 0. The van der Waals surface area contributed by atoms with E-state index in [2.05, 4.69) is 5.32 Å². The number of nitrogens with zero attached hydrogens (tertiary/aromatic N) is 1. The predicted molar refractivity (Wildman–Crippen MR) is 106 cm³/mol. The number of fused-ring (bicyclic) bond motifs is 1. The van der Waals surface area contributed by atoms with Crippen molar-refractivity contribution in [3.05, 3.63) is 63.9 Å². The Morgan fingerprint density at radius 3 is 2.56 bits per heavy atom. The molecule has 0 aliphatic carbocycles. The first-order chi connectivity index (χ1) is 12.9. The van der Waals surface area contributed by atoms with Crippen LogP contribution in [0.25, 0.3) is 10.9 Å². The van der Waals surface area contributed by atoms with Crippen molar-refractivity contribution in [2.45, 2.75) is 20.4 Å². The fourth-order valence-electron chi connectivity index (χ4n) is 3.20. The van der Waals surface area contributed by atoms with Gasteiger partial charge in [0.05, 0.1) is 25.4 Å². The molecular weight excluding hydrogens is 344 g/mol. The van der Waals surface area contributed by atoms with Gasteiger partial charge in [-0.15, -0.1) is 0 Å². The van der Waals surface area contributed by atoms with Crippen molar-refractivity contribution < 1.29 is 14.3 Å². The second-order valence-electron chi connectivity index (χ2n) is 6.40. The third kappa shape index (κ3) is 3.79. The highest BCUT2D eigenvalue weighted by molar-refractivity contribution is 5.93. The minimum atomic E-state index is -0.220. The monoisotopic (exact) mass is 366 g/mol. The van der Waals surface area contributed by atoms with Crippen LogP contribution in [0.15, 0.2) is 47.4 Å². The molecule has 0 aliphatic rings. The van der Waals surface area contributed by atoms with Gasteiger partial charge in [-0.1, -0.05) is 6.07 Å². The summed E-state index contributed by atoms with van der Waals surface area (Å²) in [6.07, 6.45) is 1.65. The van der Waals surface area contributed by atoms with E-state index in [1.54, 1.807) is 36.1 Å². The minimum Gasteiger partial charge on any atom is -0.497 e. The van der Waals surface area contributed by atoms with Crippen molar-refractivity contribution in [2.75, 3.05) is 19.5 Å². The predicted octanol–water partition coefficient (Wildman–Crippen LogP) is 3.27. The van der Waals surface area contributed by atoms with Crippen LogP contribution in [0.1, 0.15) is 11.1 Å². The highest BCUT2D eigenvalue weighted by atomic mass is 16.5. The summed E-state index contributed by atoms with van der Waals surface area (Å²) in [5, 5.41) is 3.49. The van der Waals surface area contributed by atoms with E-state index in [-0.39, 0.29) is 17.9 Å². The van der Waals surface area contributed by atoms with Crippen molar-refractivity contribution in [1.29, 1.82) is 0 Å². The van der Waals surface area contributed by atoms with Crippen LogP contribution < -0.4 is 20.2 Å². The molecule has 0 fully saturated rings. The van der Waals surface area contributed by atoms with Crippen LogP contribution in [0.2, 0.25) is 0 Å². The second-order valence-corrected chi connectivity index (χ2v) is 6.40. The van der Waals surface area contributed by atoms with E-state index < -0.39 is 0 Å². The number of carbonyl (C=O) groups is 1. The Labute approximate surface area is 157 Å². The largest absolute Gasteiger partial charge is 0.497 e. The quantitative estimate of drug-likeness (QED) is 0.752. The number of pyridine rings is 1. The van der Waals surface area contributed by atoms with Gasteiger partial charge in [-0.2, -0.15) is 0 Å². The zero-order chi connectivity index (χ0) is 19.6. The molecule has 3 aromatic rings. The first-order valence-electron chi connectivity index (χ1n) is 8.55. The lowest BCUT2D eigenvalue weighted by molar-refractivity contribution is -0.116. The standard InChI is InChI=1S/C21H22N2O4/c1-13-9-14(2)21-17(10-13)23(8-7-18(21)24)12-20(25)22-16-6-5-15(26-3)11-19(16)27-4/h5-11H,12H2,1-4H3,(H,22,25). The molecule has 0 saturated carbocycles. The summed E-state index contributed by atoms with van der Waals surface area (Å²) < 4.78 is 12.3. The van der Waals surface area contributed by atoms with Crippen LogP contribution >= 0.6 is 0 Å². The average Bonchev–Trinajstić information content (AvgIpc) is 2.63. The van der Waals surface area contributed by atoms with Gasteiger partial charge in [-0.05, 0) is 43.2 Å². The lowest BCUT2D eigenvalue weighted by atomic mass is 10.1. The van der Waals surface area contributed by atoms with Gasteiger partial charge < -0.3 is 19.4 Å². The van der Waals surface area contributed by atoms with Crippen LogP contribution in [0.3, 0.4) is 0 Å². The Morgan fingerprint density at radius 2 is 1.85 bits per heavy atom. The van der Waals surface area contributed by atoms with Gasteiger partial charge >= 0.3 is 0 Å². The van der Waals surface area contributed by atoms with Crippen LogP contribution in [0.4, 0.5) is 5.69 Å². The van der Waals surface area contributed by atoms with E-state index in [1.807, 2.05) is 26.0 Å². The summed E-state index contributed by atoms with van der Waals surface area (Å²) in [4.78, 5) is 24.8. The molecule has 0 unspecified atom stereocenters. The Morgan fingerprint density at radius 1 is 1.07 bits per heavy atom. The SMILES string of the molecule is COc1ccc(NC(=O)Cn2ccc(=O)c3c(C)cc(C)cc32)c(OC)c1. The molecule has 0 saturated heterocycles. The van der Waals surface area contributed by atoms with Gasteiger partial charge in [0.25, 0.3) is 0 Å². The highest BCUT2D eigenvalue weighted by Gasteiger charge is 2.12. The van der Waals surface area contributed by atoms with Gasteiger partial charge in [0, 0.05) is 23.7 Å². The average molecular weight is 366 g/mol. The third-order valence-corrected chi connectivity index (χ3v) is 4.42. The lowest BCUT2D eigenvalue weighted by Gasteiger charge is -2.15. The molecule has 6 nitrogen and oxygen atoms in total. The topological polar surface area (TPSA) is 69.6 Å². The zero-order valence-corrected chi connectivity index (χ0v) is 15.8. The molecule has 0 radical (unpaired) electrons. The van der Waals surface area contributed by atoms with Crippen LogP contribution in [-0.2, 0) is 11.3 Å². The van der Waals surface area contributed by atoms with Crippen molar-refractivity contribution in [1.82, 2.24) is 4.57 Å². The summed E-state index contributed by atoms with van der Waals surface area (Å²) in [7, 11) is 3.10. The number of carbonyl (C=O) groups excluding carboxylic acids is 1. The molecule has 1 amide bonds. The number of aryl methyl sites for hydroxylation is 2. The van der Waals surface area contributed by atoms with Crippen molar-refractivity contribution >= 4 is 22.5 Å². The maximum Gasteiger partial charge on any atom is 0.244 e. The minimum absolute atomic E-state index is 0.0454. The van der Waals surface area contributed by atoms with Crippen LogP contribution in [0, 0.1) is 13.8 Å². The Bertz CT molecular complexity index is 1070. The third-order valence-electron chi connectivity index (χ3n) is 4.42. The highest BCUT2D eigenvalue weighted by Crippen LogP contribution is 2.29. The number of hydrogen-bond donors (Lipinski definition) is 1. The number of anilines is 1. The molecule has 140 valence electrons. The van der Waals surface area contributed by atoms with E-state index in [0.29, 0.717) is 22.6 Å². The number of ether oxygens (including phenoxy) is 2. The van der Waals surface area contributed by atoms with E-state index in [4.69, 9.17) is 9.47 Å². The Balaban J connectivity index is 1.91. The van der Waals surface area contributed by atoms with Gasteiger partial charge in [0.1, 0.15) is 18.0 Å². The van der Waals surface area contributed by atoms with Crippen LogP contribution in [-0.4, -0.2) is 24.7 Å². The first-order valence-corrected chi connectivity index (χ1v) is 8.55. The molecule has 1 heterocycles.